The van der Waals surface area contributed by atoms with E-state index in [4.69, 9.17) is 10.1 Å². The standard InChI is InChI=1S/C27H27N7/c1-2-3-5-14-25-28-26(22-10-6-4-7-11-22)31-34(25)19-20-15-17-21(18-16-20)23-12-8-9-13-24(23)27-29-32-33-30-27/h4,6-13,15-18H,2-3,5,14,19H2,1H3,(H,29,30,32,33). The molecule has 0 fully saturated rings. The lowest BCUT2D eigenvalue weighted by molar-refractivity contribution is 0.607. The van der Waals surface area contributed by atoms with Gasteiger partial charge in [-0.05, 0) is 28.3 Å². The average molecular weight is 450 g/mol. The zero-order chi connectivity index (χ0) is 23.2. The topological polar surface area (TPSA) is 85.2 Å². The van der Waals surface area contributed by atoms with Gasteiger partial charge in [-0.15, -0.1) is 10.2 Å². The van der Waals surface area contributed by atoms with Gasteiger partial charge in [0.25, 0.3) is 0 Å². The molecule has 0 saturated carbocycles. The van der Waals surface area contributed by atoms with Gasteiger partial charge in [-0.3, -0.25) is 0 Å². The van der Waals surface area contributed by atoms with Crippen LogP contribution in [0.3, 0.4) is 0 Å². The zero-order valence-corrected chi connectivity index (χ0v) is 19.2. The maximum atomic E-state index is 4.88. The maximum absolute atomic E-state index is 4.88. The second-order valence-electron chi connectivity index (χ2n) is 8.31. The van der Waals surface area contributed by atoms with Crippen LogP contribution in [0.4, 0.5) is 0 Å². The number of aromatic nitrogens is 7. The van der Waals surface area contributed by atoms with Crippen molar-refractivity contribution in [3.8, 4) is 33.9 Å². The summed E-state index contributed by atoms with van der Waals surface area (Å²) >= 11 is 0. The van der Waals surface area contributed by atoms with Crippen LogP contribution in [0.25, 0.3) is 33.9 Å². The molecule has 1 N–H and O–H groups in total. The zero-order valence-electron chi connectivity index (χ0n) is 19.2. The van der Waals surface area contributed by atoms with Crippen LogP contribution in [0.1, 0.15) is 37.6 Å². The number of nitrogens with one attached hydrogen (secondary N) is 1. The van der Waals surface area contributed by atoms with E-state index in [1.807, 2.05) is 36.4 Å². The first-order chi connectivity index (χ1) is 16.8. The molecule has 7 nitrogen and oxygen atoms in total. The van der Waals surface area contributed by atoms with Crippen LogP contribution in [0.15, 0.2) is 78.9 Å². The summed E-state index contributed by atoms with van der Waals surface area (Å²) < 4.78 is 2.06. The normalized spacial score (nSPS) is 11.1. The van der Waals surface area contributed by atoms with Gasteiger partial charge in [-0.25, -0.2) is 9.67 Å². The van der Waals surface area contributed by atoms with Crippen molar-refractivity contribution in [2.24, 2.45) is 0 Å². The average Bonchev–Trinajstić information content (AvgIpc) is 3.56. The Kier molecular flexibility index (Phi) is 6.52. The van der Waals surface area contributed by atoms with E-state index < -0.39 is 0 Å². The van der Waals surface area contributed by atoms with Gasteiger partial charge in [0, 0.05) is 17.5 Å². The van der Waals surface area contributed by atoms with Crippen molar-refractivity contribution in [3.63, 3.8) is 0 Å². The minimum atomic E-state index is 0.590. The monoisotopic (exact) mass is 449 g/mol. The van der Waals surface area contributed by atoms with Gasteiger partial charge in [0.1, 0.15) is 5.82 Å². The highest BCUT2D eigenvalue weighted by atomic mass is 15.5. The number of tetrazole rings is 1. The summed E-state index contributed by atoms with van der Waals surface area (Å²) in [5.41, 5.74) is 5.36. The summed E-state index contributed by atoms with van der Waals surface area (Å²) in [5.74, 6) is 2.42. The maximum Gasteiger partial charge on any atom is 0.205 e. The number of rotatable bonds is 9. The van der Waals surface area contributed by atoms with E-state index in [-0.39, 0.29) is 0 Å². The third-order valence-electron chi connectivity index (χ3n) is 5.89. The molecule has 0 aliphatic carbocycles. The summed E-state index contributed by atoms with van der Waals surface area (Å²) in [7, 11) is 0. The predicted octanol–water partition coefficient (Wildman–Crippen LogP) is 5.57. The Labute approximate surface area is 198 Å². The Morgan fingerprint density at radius 3 is 2.26 bits per heavy atom. The Hall–Kier alpha value is -4.13. The smallest absolute Gasteiger partial charge is 0.205 e. The van der Waals surface area contributed by atoms with Gasteiger partial charge in [0.2, 0.25) is 5.82 Å². The fraction of sp³-hybridized carbons (Fsp3) is 0.222. The van der Waals surface area contributed by atoms with E-state index in [1.54, 1.807) is 0 Å². The molecule has 2 heterocycles. The van der Waals surface area contributed by atoms with Crippen molar-refractivity contribution in [3.05, 3.63) is 90.3 Å². The third-order valence-corrected chi connectivity index (χ3v) is 5.89. The first-order valence-corrected chi connectivity index (χ1v) is 11.7. The lowest BCUT2D eigenvalue weighted by Gasteiger charge is -2.09. The van der Waals surface area contributed by atoms with Crippen molar-refractivity contribution in [2.45, 2.75) is 39.2 Å². The molecule has 0 atom stereocenters. The van der Waals surface area contributed by atoms with Gasteiger partial charge < -0.3 is 0 Å². The number of nitrogens with zero attached hydrogens (tertiary/aromatic N) is 6. The predicted molar refractivity (Wildman–Crippen MR) is 133 cm³/mol. The molecule has 2 aromatic heterocycles. The van der Waals surface area contributed by atoms with Crippen molar-refractivity contribution in [1.82, 2.24) is 35.4 Å². The van der Waals surface area contributed by atoms with Gasteiger partial charge in [-0.1, -0.05) is 98.6 Å². The van der Waals surface area contributed by atoms with E-state index >= 15 is 0 Å². The third kappa shape index (κ3) is 4.78. The molecule has 170 valence electrons. The van der Waals surface area contributed by atoms with Gasteiger partial charge >= 0.3 is 0 Å². The van der Waals surface area contributed by atoms with Crippen molar-refractivity contribution in [1.29, 1.82) is 0 Å². The first-order valence-electron chi connectivity index (χ1n) is 11.7. The van der Waals surface area contributed by atoms with E-state index in [9.17, 15) is 0 Å². The van der Waals surface area contributed by atoms with Gasteiger partial charge in [0.15, 0.2) is 5.82 Å². The number of hydrogen-bond acceptors (Lipinski definition) is 5. The number of aryl methyl sites for hydroxylation is 1. The fourth-order valence-corrected chi connectivity index (χ4v) is 4.10. The molecular formula is C27H27N7. The molecule has 0 amide bonds. The SMILES string of the molecule is CCCCCc1nc(-c2ccccc2)nn1Cc1ccc(-c2ccccc2-c2nn[nH]n2)cc1. The van der Waals surface area contributed by atoms with Crippen LogP contribution in [-0.4, -0.2) is 35.4 Å². The number of hydrogen-bond donors (Lipinski definition) is 1. The molecule has 34 heavy (non-hydrogen) atoms. The lowest BCUT2D eigenvalue weighted by Crippen LogP contribution is -2.07. The van der Waals surface area contributed by atoms with Crippen LogP contribution in [0, 0.1) is 0 Å². The summed E-state index contributed by atoms with van der Waals surface area (Å²) in [6.07, 6.45) is 4.44. The van der Waals surface area contributed by atoms with Crippen LogP contribution < -0.4 is 0 Å². The molecule has 7 heteroatoms. The van der Waals surface area contributed by atoms with Crippen molar-refractivity contribution >= 4 is 0 Å². The summed E-state index contributed by atoms with van der Waals surface area (Å²) in [6.45, 7) is 2.91. The molecule has 0 aliphatic rings. The summed E-state index contributed by atoms with van der Waals surface area (Å²) in [4.78, 5) is 4.88. The van der Waals surface area contributed by atoms with Crippen LogP contribution in [0.5, 0.6) is 0 Å². The minimum Gasteiger partial charge on any atom is -0.245 e. The van der Waals surface area contributed by atoms with Gasteiger partial charge in [-0.2, -0.15) is 10.3 Å². The van der Waals surface area contributed by atoms with E-state index in [0.29, 0.717) is 12.4 Å². The largest absolute Gasteiger partial charge is 0.245 e. The highest BCUT2D eigenvalue weighted by Gasteiger charge is 2.13. The number of H-pyrrole nitrogens is 1. The quantitative estimate of drug-likeness (QED) is 0.297. The molecule has 0 radical (unpaired) electrons. The van der Waals surface area contributed by atoms with Gasteiger partial charge in [0.05, 0.1) is 6.54 Å². The van der Waals surface area contributed by atoms with E-state index in [1.165, 1.54) is 18.4 Å². The van der Waals surface area contributed by atoms with Crippen LogP contribution in [0.2, 0.25) is 0 Å². The Balaban J connectivity index is 1.40. The number of unbranched alkanes of at least 4 members (excludes halogenated alkanes) is 2. The Morgan fingerprint density at radius 1 is 0.765 bits per heavy atom. The highest BCUT2D eigenvalue weighted by Crippen LogP contribution is 2.30. The molecule has 3 aromatic carbocycles. The van der Waals surface area contributed by atoms with E-state index in [0.717, 1.165) is 46.7 Å². The lowest BCUT2D eigenvalue weighted by atomic mass is 9.98. The van der Waals surface area contributed by atoms with E-state index in [2.05, 4.69) is 74.7 Å². The molecule has 5 aromatic rings. The number of benzene rings is 3. The second kappa shape index (κ2) is 10.2. The van der Waals surface area contributed by atoms with Crippen LogP contribution in [-0.2, 0) is 13.0 Å². The Bertz CT molecular complexity index is 1320. The van der Waals surface area contributed by atoms with Crippen molar-refractivity contribution < 1.29 is 0 Å². The molecular weight excluding hydrogens is 422 g/mol. The summed E-state index contributed by atoms with van der Waals surface area (Å²) in [5, 5.41) is 19.4. The second-order valence-corrected chi connectivity index (χ2v) is 8.31. The minimum absolute atomic E-state index is 0.590. The molecule has 0 spiro atoms. The molecule has 0 unspecified atom stereocenters. The molecule has 0 bridgehead atoms. The number of aromatic amines is 1. The molecule has 0 saturated heterocycles. The Morgan fingerprint density at radius 2 is 1.53 bits per heavy atom. The first kappa shape index (κ1) is 21.7. The fourth-order valence-electron chi connectivity index (χ4n) is 4.10. The summed E-state index contributed by atoms with van der Waals surface area (Å²) in [6, 6.07) is 26.9. The molecule has 5 rings (SSSR count). The van der Waals surface area contributed by atoms with Crippen molar-refractivity contribution in [2.75, 3.05) is 0 Å². The molecule has 0 aliphatic heterocycles. The van der Waals surface area contributed by atoms with Crippen LogP contribution >= 0.6 is 0 Å². The highest BCUT2D eigenvalue weighted by molar-refractivity contribution is 5.80.